The minimum Gasteiger partial charge on any atom is -0.356 e. The molecule has 1 aliphatic rings. The molecule has 3 atom stereocenters. The number of aliphatic hydroxyl groups excluding tert-OH is 1. The lowest BCUT2D eigenvalue weighted by molar-refractivity contribution is -0.129. The van der Waals surface area contributed by atoms with E-state index in [1.807, 2.05) is 13.8 Å². The van der Waals surface area contributed by atoms with Crippen LogP contribution in [0, 0.1) is 11.8 Å². The molecule has 0 aliphatic heterocycles. The monoisotopic (exact) mass is 215 g/mol. The Morgan fingerprint density at radius 2 is 2.13 bits per heavy atom. The van der Waals surface area contributed by atoms with Crippen molar-refractivity contribution in [2.45, 2.75) is 45.6 Å². The van der Waals surface area contributed by atoms with Crippen molar-refractivity contribution in [1.82, 2.24) is 5.32 Å². The molecular formula is C11H21NO3. The number of methoxy groups -OCH3 is 1. The van der Waals surface area contributed by atoms with Crippen LogP contribution in [-0.2, 0) is 9.53 Å². The molecule has 0 saturated heterocycles. The third-order valence-electron chi connectivity index (χ3n) is 3.03. The third kappa shape index (κ3) is 3.26. The molecule has 1 fully saturated rings. The van der Waals surface area contributed by atoms with Crippen molar-refractivity contribution in [2.24, 2.45) is 11.8 Å². The lowest BCUT2D eigenvalue weighted by Gasteiger charge is -2.23. The van der Waals surface area contributed by atoms with Crippen LogP contribution in [0.3, 0.4) is 0 Å². The lowest BCUT2D eigenvalue weighted by atomic mass is 9.91. The molecule has 0 bridgehead atoms. The van der Waals surface area contributed by atoms with Gasteiger partial charge in [-0.2, -0.15) is 0 Å². The highest BCUT2D eigenvalue weighted by Gasteiger charge is 2.34. The van der Waals surface area contributed by atoms with E-state index in [1.165, 1.54) is 7.11 Å². The van der Waals surface area contributed by atoms with Gasteiger partial charge in [-0.05, 0) is 12.8 Å². The largest absolute Gasteiger partial charge is 0.356 e. The smallest absolute Gasteiger partial charge is 0.213 e. The fraction of sp³-hybridized carbons (Fsp3) is 0.909. The van der Waals surface area contributed by atoms with Crippen LogP contribution >= 0.6 is 0 Å². The topological polar surface area (TPSA) is 58.6 Å². The first kappa shape index (κ1) is 12.6. The highest BCUT2D eigenvalue weighted by Crippen LogP contribution is 2.28. The second-order valence-corrected chi connectivity index (χ2v) is 4.46. The highest BCUT2D eigenvalue weighted by molar-refractivity contribution is 5.83. The van der Waals surface area contributed by atoms with Crippen molar-refractivity contribution < 1.29 is 14.6 Å². The van der Waals surface area contributed by atoms with Crippen LogP contribution < -0.4 is 5.32 Å². The van der Waals surface area contributed by atoms with Crippen molar-refractivity contribution in [3.05, 3.63) is 0 Å². The molecule has 0 aromatic rings. The fourth-order valence-electron chi connectivity index (χ4n) is 2.18. The molecule has 1 aliphatic carbocycles. The summed E-state index contributed by atoms with van der Waals surface area (Å²) in [5.41, 5.74) is 0. The predicted molar refractivity (Wildman–Crippen MR) is 57.1 cm³/mol. The Kier molecular flexibility index (Phi) is 4.70. The van der Waals surface area contributed by atoms with Gasteiger partial charge in [-0.25, -0.2) is 0 Å². The van der Waals surface area contributed by atoms with Crippen LogP contribution in [0.5, 0.6) is 0 Å². The third-order valence-corrected chi connectivity index (χ3v) is 3.03. The Balaban J connectivity index is 2.53. The second-order valence-electron chi connectivity index (χ2n) is 4.46. The quantitative estimate of drug-likeness (QED) is 0.669. The second kappa shape index (κ2) is 5.58. The molecule has 1 rings (SSSR count). The molecule has 15 heavy (non-hydrogen) atoms. The van der Waals surface area contributed by atoms with Crippen LogP contribution in [-0.4, -0.2) is 30.5 Å². The molecule has 0 heterocycles. The Hall–Kier alpha value is -0.450. The average molecular weight is 215 g/mol. The Morgan fingerprint density at radius 3 is 2.67 bits per heavy atom. The molecular weight excluding hydrogens is 194 g/mol. The van der Waals surface area contributed by atoms with Gasteiger partial charge in [0.25, 0.3) is 0 Å². The van der Waals surface area contributed by atoms with E-state index in [-0.39, 0.29) is 23.7 Å². The van der Waals surface area contributed by atoms with Gasteiger partial charge in [0.05, 0.1) is 0 Å². The number of hydrogen-bond acceptors (Lipinski definition) is 4. The maximum atomic E-state index is 11.9. The van der Waals surface area contributed by atoms with E-state index in [9.17, 15) is 9.90 Å². The normalized spacial score (nSPS) is 28.3. The van der Waals surface area contributed by atoms with E-state index < -0.39 is 6.41 Å². The Bertz CT molecular complexity index is 218. The summed E-state index contributed by atoms with van der Waals surface area (Å²) in [6, 6.07) is 0.0647. The molecule has 2 N–H and O–H groups in total. The molecule has 0 radical (unpaired) electrons. The standard InChI is InChI=1S/C11H21NO3/c1-7(2)10(13)8-5-4-6-9(8)12-11(14)15-3/h7-9,11-12,14H,4-6H2,1-3H3/t8-,9-,11?/m0/s1. The lowest BCUT2D eigenvalue weighted by Crippen LogP contribution is -2.44. The summed E-state index contributed by atoms with van der Waals surface area (Å²) in [7, 11) is 1.44. The molecule has 0 spiro atoms. The van der Waals surface area contributed by atoms with Crippen molar-refractivity contribution in [2.75, 3.05) is 7.11 Å². The number of aliphatic hydroxyl groups is 1. The SMILES string of the molecule is COC(O)N[C@H]1CCC[C@@H]1C(=O)C(C)C. The summed E-state index contributed by atoms with van der Waals surface area (Å²) in [6.07, 6.45) is 1.93. The van der Waals surface area contributed by atoms with Gasteiger partial charge in [0.1, 0.15) is 5.78 Å². The number of Topliss-reactive ketones (excluding diaryl/α,β-unsaturated/α-hetero) is 1. The average Bonchev–Trinajstić information content (AvgIpc) is 2.64. The first-order valence-corrected chi connectivity index (χ1v) is 5.57. The first-order chi connectivity index (χ1) is 7.06. The summed E-state index contributed by atoms with van der Waals surface area (Å²) < 4.78 is 4.73. The van der Waals surface area contributed by atoms with Crippen LogP contribution in [0.25, 0.3) is 0 Å². The Labute approximate surface area is 91.0 Å². The van der Waals surface area contributed by atoms with Gasteiger partial charge in [-0.3, -0.25) is 10.1 Å². The van der Waals surface area contributed by atoms with Crippen molar-refractivity contribution in [3.63, 3.8) is 0 Å². The van der Waals surface area contributed by atoms with Crippen molar-refractivity contribution in [3.8, 4) is 0 Å². The number of ketones is 1. The van der Waals surface area contributed by atoms with Gasteiger partial charge in [0.2, 0.25) is 6.41 Å². The predicted octanol–water partition coefficient (Wildman–Crippen LogP) is 0.892. The van der Waals surface area contributed by atoms with Crippen molar-refractivity contribution in [1.29, 1.82) is 0 Å². The molecule has 88 valence electrons. The van der Waals surface area contributed by atoms with E-state index in [2.05, 4.69) is 5.32 Å². The zero-order valence-corrected chi connectivity index (χ0v) is 9.69. The maximum Gasteiger partial charge on any atom is 0.213 e. The summed E-state index contributed by atoms with van der Waals surface area (Å²) in [4.78, 5) is 11.9. The summed E-state index contributed by atoms with van der Waals surface area (Å²) in [6.45, 7) is 3.84. The van der Waals surface area contributed by atoms with E-state index in [0.29, 0.717) is 0 Å². The number of carbonyl (C=O) groups excluding carboxylic acids is 1. The number of hydrogen-bond donors (Lipinski definition) is 2. The zero-order valence-electron chi connectivity index (χ0n) is 9.69. The van der Waals surface area contributed by atoms with Gasteiger partial charge in [-0.15, -0.1) is 0 Å². The minimum atomic E-state index is -0.962. The van der Waals surface area contributed by atoms with Gasteiger partial charge in [-0.1, -0.05) is 20.3 Å². The van der Waals surface area contributed by atoms with Crippen LogP contribution in [0.1, 0.15) is 33.1 Å². The van der Waals surface area contributed by atoms with Gasteiger partial charge >= 0.3 is 0 Å². The molecule has 4 nitrogen and oxygen atoms in total. The Morgan fingerprint density at radius 1 is 1.47 bits per heavy atom. The van der Waals surface area contributed by atoms with Gasteiger partial charge in [0.15, 0.2) is 0 Å². The van der Waals surface area contributed by atoms with E-state index in [1.54, 1.807) is 0 Å². The summed E-state index contributed by atoms with van der Waals surface area (Å²) in [5, 5.41) is 12.2. The van der Waals surface area contributed by atoms with Gasteiger partial charge < -0.3 is 9.84 Å². The number of carbonyl (C=O) groups is 1. The number of nitrogens with one attached hydrogen (secondary N) is 1. The number of ether oxygens (including phenoxy) is 1. The zero-order chi connectivity index (χ0) is 11.4. The van der Waals surface area contributed by atoms with Gasteiger partial charge in [0, 0.05) is 25.0 Å². The molecule has 4 heteroatoms. The van der Waals surface area contributed by atoms with E-state index in [4.69, 9.17) is 4.74 Å². The van der Waals surface area contributed by atoms with E-state index in [0.717, 1.165) is 19.3 Å². The van der Waals surface area contributed by atoms with Crippen LogP contribution in [0.15, 0.2) is 0 Å². The van der Waals surface area contributed by atoms with Crippen LogP contribution in [0.2, 0.25) is 0 Å². The molecule has 0 amide bonds. The van der Waals surface area contributed by atoms with Crippen molar-refractivity contribution >= 4 is 5.78 Å². The summed E-state index contributed by atoms with van der Waals surface area (Å²) >= 11 is 0. The minimum absolute atomic E-state index is 0.0369. The van der Waals surface area contributed by atoms with E-state index >= 15 is 0 Å². The molecule has 0 aromatic heterocycles. The first-order valence-electron chi connectivity index (χ1n) is 5.57. The highest BCUT2D eigenvalue weighted by atomic mass is 16.6. The fourth-order valence-corrected chi connectivity index (χ4v) is 2.18. The molecule has 1 saturated carbocycles. The van der Waals surface area contributed by atoms with Crippen LogP contribution in [0.4, 0.5) is 0 Å². The molecule has 0 aromatic carbocycles. The molecule has 1 unspecified atom stereocenters. The maximum absolute atomic E-state index is 11.9. The summed E-state index contributed by atoms with van der Waals surface area (Å²) in [5.74, 6) is 0.389. The number of rotatable bonds is 5.